The van der Waals surface area contributed by atoms with Gasteiger partial charge in [0.1, 0.15) is 23.7 Å². The fourth-order valence-electron chi connectivity index (χ4n) is 3.29. The maximum atomic E-state index is 6.18. The summed E-state index contributed by atoms with van der Waals surface area (Å²) >= 11 is 2.35. The summed E-state index contributed by atoms with van der Waals surface area (Å²) < 4.78 is 24.1. The molecule has 2 aromatic carbocycles. The summed E-state index contributed by atoms with van der Waals surface area (Å²) in [7, 11) is 0. The Hall–Kier alpha value is -1.31. The van der Waals surface area contributed by atoms with Crippen LogP contribution in [0.15, 0.2) is 42.5 Å². The van der Waals surface area contributed by atoms with E-state index in [2.05, 4.69) is 52.9 Å². The van der Waals surface area contributed by atoms with Gasteiger partial charge in [-0.05, 0) is 64.0 Å². The molecule has 2 heterocycles. The van der Waals surface area contributed by atoms with Gasteiger partial charge < -0.3 is 18.9 Å². The molecule has 4 rings (SSSR count). The predicted molar refractivity (Wildman–Crippen MR) is 108 cm³/mol. The third kappa shape index (κ3) is 4.69. The first-order chi connectivity index (χ1) is 12.8. The van der Waals surface area contributed by atoms with Gasteiger partial charge in [0.15, 0.2) is 0 Å². The van der Waals surface area contributed by atoms with E-state index in [9.17, 15) is 0 Å². The van der Waals surface area contributed by atoms with Crippen molar-refractivity contribution >= 4 is 22.6 Å². The monoisotopic (exact) mass is 466 g/mol. The standard InChI is InChI=1S/C21H23IO4/c22-17-3-6-21(26-20-8-10-24-14-20)16(12-17)11-15-1-4-18(5-2-15)25-19-7-9-23-13-19/h1-6,12,19-20H,7-11,13-14H2/t19-,20+/m1/s1. The minimum absolute atomic E-state index is 0.165. The molecular weight excluding hydrogens is 443 g/mol. The first-order valence-electron chi connectivity index (χ1n) is 9.12. The van der Waals surface area contributed by atoms with Crippen molar-refractivity contribution in [1.82, 2.24) is 0 Å². The first kappa shape index (κ1) is 18.1. The van der Waals surface area contributed by atoms with E-state index in [1.165, 1.54) is 14.7 Å². The van der Waals surface area contributed by atoms with Gasteiger partial charge in [0.25, 0.3) is 0 Å². The molecule has 2 fully saturated rings. The van der Waals surface area contributed by atoms with Crippen LogP contribution < -0.4 is 9.47 Å². The van der Waals surface area contributed by atoms with E-state index in [1.54, 1.807) is 0 Å². The minimum Gasteiger partial charge on any atom is -0.488 e. The smallest absolute Gasteiger partial charge is 0.124 e. The molecule has 0 saturated carbocycles. The second-order valence-corrected chi connectivity index (χ2v) is 8.03. The molecule has 0 radical (unpaired) electrons. The SMILES string of the molecule is Ic1ccc(O[C@H]2CCOC2)c(Cc2ccc(O[C@@H]3CCOC3)cc2)c1. The van der Waals surface area contributed by atoms with E-state index in [-0.39, 0.29) is 12.2 Å². The Balaban J connectivity index is 1.44. The molecule has 0 aromatic heterocycles. The van der Waals surface area contributed by atoms with E-state index >= 15 is 0 Å². The first-order valence-corrected chi connectivity index (χ1v) is 10.2. The quantitative estimate of drug-likeness (QED) is 0.598. The topological polar surface area (TPSA) is 36.9 Å². The summed E-state index contributed by atoms with van der Waals surface area (Å²) in [4.78, 5) is 0. The molecule has 4 nitrogen and oxygen atoms in total. The van der Waals surface area contributed by atoms with Crippen molar-refractivity contribution in [3.05, 3.63) is 57.2 Å². The van der Waals surface area contributed by atoms with Crippen LogP contribution in [0, 0.1) is 3.57 Å². The predicted octanol–water partition coefficient (Wildman–Crippen LogP) is 4.22. The van der Waals surface area contributed by atoms with E-state index in [4.69, 9.17) is 18.9 Å². The molecule has 2 aromatic rings. The molecule has 138 valence electrons. The van der Waals surface area contributed by atoms with Gasteiger partial charge in [-0.3, -0.25) is 0 Å². The van der Waals surface area contributed by atoms with E-state index in [0.29, 0.717) is 13.2 Å². The lowest BCUT2D eigenvalue weighted by Gasteiger charge is -2.16. The maximum absolute atomic E-state index is 6.18. The van der Waals surface area contributed by atoms with Crippen LogP contribution in [-0.4, -0.2) is 38.6 Å². The molecule has 0 N–H and O–H groups in total. The van der Waals surface area contributed by atoms with Gasteiger partial charge in [0.05, 0.1) is 26.4 Å². The molecule has 2 saturated heterocycles. The minimum atomic E-state index is 0.165. The molecule has 2 atom stereocenters. The highest BCUT2D eigenvalue weighted by Crippen LogP contribution is 2.27. The normalized spacial score (nSPS) is 22.5. The molecule has 5 heteroatoms. The number of hydrogen-bond donors (Lipinski definition) is 0. The van der Waals surface area contributed by atoms with Crippen LogP contribution in [0.3, 0.4) is 0 Å². The fourth-order valence-corrected chi connectivity index (χ4v) is 3.85. The lowest BCUT2D eigenvalue weighted by Crippen LogP contribution is -2.16. The van der Waals surface area contributed by atoms with Gasteiger partial charge in [-0.2, -0.15) is 0 Å². The van der Waals surface area contributed by atoms with E-state index in [0.717, 1.165) is 44.0 Å². The largest absolute Gasteiger partial charge is 0.488 e. The second-order valence-electron chi connectivity index (χ2n) is 6.78. The molecule has 2 aliphatic heterocycles. The molecule has 0 unspecified atom stereocenters. The molecule has 0 aliphatic carbocycles. The zero-order chi connectivity index (χ0) is 17.8. The number of rotatable bonds is 6. The summed E-state index contributed by atoms with van der Waals surface area (Å²) in [5, 5.41) is 0. The Bertz CT molecular complexity index is 719. The average molecular weight is 466 g/mol. The number of benzene rings is 2. The fraction of sp³-hybridized carbons (Fsp3) is 0.429. The Morgan fingerprint density at radius 3 is 2.23 bits per heavy atom. The molecule has 0 spiro atoms. The summed E-state index contributed by atoms with van der Waals surface area (Å²) in [5.41, 5.74) is 2.45. The Labute approximate surface area is 167 Å². The summed E-state index contributed by atoms with van der Waals surface area (Å²) in [6.07, 6.45) is 3.12. The molecule has 2 aliphatic rings. The number of hydrogen-bond acceptors (Lipinski definition) is 4. The van der Waals surface area contributed by atoms with Gasteiger partial charge in [-0.15, -0.1) is 0 Å². The van der Waals surface area contributed by atoms with E-state index < -0.39 is 0 Å². The Kier molecular flexibility index (Phi) is 5.97. The van der Waals surface area contributed by atoms with Crippen molar-refractivity contribution in [2.45, 2.75) is 31.5 Å². The van der Waals surface area contributed by atoms with Crippen molar-refractivity contribution in [2.24, 2.45) is 0 Å². The zero-order valence-electron chi connectivity index (χ0n) is 14.7. The van der Waals surface area contributed by atoms with Crippen LogP contribution in [0.2, 0.25) is 0 Å². The Morgan fingerprint density at radius 1 is 0.885 bits per heavy atom. The summed E-state index contributed by atoms with van der Waals surface area (Å²) in [6.45, 7) is 2.96. The van der Waals surface area contributed by atoms with Crippen molar-refractivity contribution in [2.75, 3.05) is 26.4 Å². The molecule has 0 amide bonds. The second kappa shape index (κ2) is 8.59. The van der Waals surface area contributed by atoms with Crippen LogP contribution in [0.5, 0.6) is 11.5 Å². The van der Waals surface area contributed by atoms with Gasteiger partial charge >= 0.3 is 0 Å². The Morgan fingerprint density at radius 2 is 1.58 bits per heavy atom. The molecule has 0 bridgehead atoms. The van der Waals surface area contributed by atoms with Crippen LogP contribution in [0.25, 0.3) is 0 Å². The van der Waals surface area contributed by atoms with Crippen LogP contribution >= 0.6 is 22.6 Å². The van der Waals surface area contributed by atoms with E-state index in [1.807, 2.05) is 12.1 Å². The average Bonchev–Trinajstić information content (AvgIpc) is 3.33. The summed E-state index contributed by atoms with van der Waals surface area (Å²) in [6, 6.07) is 14.7. The van der Waals surface area contributed by atoms with Crippen molar-refractivity contribution < 1.29 is 18.9 Å². The van der Waals surface area contributed by atoms with Crippen LogP contribution in [-0.2, 0) is 15.9 Å². The highest BCUT2D eigenvalue weighted by molar-refractivity contribution is 14.1. The lowest BCUT2D eigenvalue weighted by atomic mass is 10.0. The van der Waals surface area contributed by atoms with Crippen molar-refractivity contribution in [3.63, 3.8) is 0 Å². The van der Waals surface area contributed by atoms with Gasteiger partial charge in [0, 0.05) is 22.8 Å². The van der Waals surface area contributed by atoms with Crippen molar-refractivity contribution in [1.29, 1.82) is 0 Å². The third-order valence-corrected chi connectivity index (χ3v) is 5.38. The summed E-state index contributed by atoms with van der Waals surface area (Å²) in [5.74, 6) is 1.87. The van der Waals surface area contributed by atoms with Crippen LogP contribution in [0.4, 0.5) is 0 Å². The number of halogens is 1. The van der Waals surface area contributed by atoms with Crippen LogP contribution in [0.1, 0.15) is 24.0 Å². The highest BCUT2D eigenvalue weighted by Gasteiger charge is 2.19. The zero-order valence-corrected chi connectivity index (χ0v) is 16.8. The highest BCUT2D eigenvalue weighted by atomic mass is 127. The van der Waals surface area contributed by atoms with Gasteiger partial charge in [-0.1, -0.05) is 12.1 Å². The lowest BCUT2D eigenvalue weighted by molar-refractivity contribution is 0.140. The van der Waals surface area contributed by atoms with Gasteiger partial charge in [-0.25, -0.2) is 0 Å². The molecule has 26 heavy (non-hydrogen) atoms. The maximum Gasteiger partial charge on any atom is 0.124 e. The number of ether oxygens (including phenoxy) is 4. The molecular formula is C21H23IO4. The van der Waals surface area contributed by atoms with Crippen molar-refractivity contribution in [3.8, 4) is 11.5 Å². The third-order valence-electron chi connectivity index (χ3n) is 4.71. The van der Waals surface area contributed by atoms with Gasteiger partial charge in [0.2, 0.25) is 0 Å².